The van der Waals surface area contributed by atoms with Crippen LogP contribution >= 0.6 is 24.8 Å². The van der Waals surface area contributed by atoms with Crippen molar-refractivity contribution in [1.29, 1.82) is 0 Å². The number of hydrogen-bond donors (Lipinski definition) is 1. The minimum atomic E-state index is -0.966. The van der Waals surface area contributed by atoms with Crippen molar-refractivity contribution in [1.82, 2.24) is 9.80 Å². The Morgan fingerprint density at radius 1 is 0.756 bits per heavy atom. The molecule has 0 spiro atoms. The zero-order chi connectivity index (χ0) is 27.4. The molecule has 3 aromatic rings. The van der Waals surface area contributed by atoms with Gasteiger partial charge in [0.25, 0.3) is 0 Å². The maximum atomic E-state index is 14.8. The lowest BCUT2D eigenvalue weighted by Crippen LogP contribution is -2.39. The number of rotatable bonds is 6. The Bertz CT molecular complexity index is 1320. The molecule has 0 unspecified atom stereocenters. The summed E-state index contributed by atoms with van der Waals surface area (Å²) < 4.78 is 61.4. The molecular weight excluding hydrogens is 581 g/mol. The molecule has 1 N–H and O–H groups in total. The highest BCUT2D eigenvalue weighted by Gasteiger charge is 2.25. The van der Waals surface area contributed by atoms with Crippen LogP contribution in [0.25, 0.3) is 0 Å². The fourth-order valence-corrected chi connectivity index (χ4v) is 5.27. The van der Waals surface area contributed by atoms with Crippen LogP contribution in [-0.2, 0) is 6.54 Å². The molecule has 3 aromatic carbocycles. The molecule has 5 nitrogen and oxygen atoms in total. The number of hydrogen-bond acceptors (Lipinski definition) is 3. The van der Waals surface area contributed by atoms with Crippen LogP contribution < -0.4 is 10.1 Å². The zero-order valence-electron chi connectivity index (χ0n) is 22.4. The minimum Gasteiger partial charge on any atom is -0.457 e. The Labute approximate surface area is 249 Å². The number of nitrogens with zero attached hydrogens (tertiary/aromatic N) is 2. The number of halogens is 6. The molecular formula is C30H33Cl2F4N3O2. The number of carbonyl (C=O) groups is 1. The van der Waals surface area contributed by atoms with Crippen LogP contribution in [-0.4, -0.2) is 42.0 Å². The number of piperidine rings is 2. The third-order valence-electron chi connectivity index (χ3n) is 7.45. The lowest BCUT2D eigenvalue weighted by molar-refractivity contribution is 0.200. The summed E-state index contributed by atoms with van der Waals surface area (Å²) in [6.45, 7) is 3.46. The van der Waals surface area contributed by atoms with Gasteiger partial charge in [0.2, 0.25) is 0 Å². The van der Waals surface area contributed by atoms with Crippen LogP contribution in [0.1, 0.15) is 49.1 Å². The maximum absolute atomic E-state index is 14.8. The first-order chi connectivity index (χ1) is 18.9. The highest BCUT2D eigenvalue weighted by atomic mass is 35.5. The molecule has 0 bridgehead atoms. The highest BCUT2D eigenvalue weighted by molar-refractivity contribution is 5.89. The van der Waals surface area contributed by atoms with Crippen molar-refractivity contribution in [2.24, 2.45) is 0 Å². The highest BCUT2D eigenvalue weighted by Crippen LogP contribution is 2.33. The molecule has 0 aromatic heterocycles. The van der Waals surface area contributed by atoms with Gasteiger partial charge in [0.05, 0.1) is 5.69 Å². The molecule has 0 aliphatic carbocycles. The topological polar surface area (TPSA) is 44.8 Å². The number of nitrogens with one attached hydrogen (secondary N) is 1. The van der Waals surface area contributed by atoms with E-state index in [1.54, 1.807) is 17.0 Å². The summed E-state index contributed by atoms with van der Waals surface area (Å²) in [5.41, 5.74) is 1.51. The van der Waals surface area contributed by atoms with E-state index in [9.17, 15) is 22.4 Å². The number of ether oxygens (including phenoxy) is 1. The quantitative estimate of drug-likeness (QED) is 0.285. The van der Waals surface area contributed by atoms with Gasteiger partial charge in [-0.2, -0.15) is 0 Å². The maximum Gasteiger partial charge on any atom is 0.321 e. The van der Waals surface area contributed by atoms with Crippen molar-refractivity contribution >= 4 is 36.5 Å². The van der Waals surface area contributed by atoms with Crippen molar-refractivity contribution in [3.63, 3.8) is 0 Å². The third-order valence-corrected chi connectivity index (χ3v) is 7.45. The molecule has 11 heteroatoms. The van der Waals surface area contributed by atoms with E-state index in [0.717, 1.165) is 56.1 Å². The smallest absolute Gasteiger partial charge is 0.321 e. The van der Waals surface area contributed by atoms with Gasteiger partial charge in [0, 0.05) is 31.8 Å². The molecule has 0 atom stereocenters. The second kappa shape index (κ2) is 14.8. The summed E-state index contributed by atoms with van der Waals surface area (Å²) in [5, 5.41) is 2.64. The van der Waals surface area contributed by atoms with Crippen LogP contribution in [0.5, 0.6) is 11.5 Å². The summed E-state index contributed by atoms with van der Waals surface area (Å²) in [5.74, 6) is -2.59. The van der Waals surface area contributed by atoms with E-state index in [4.69, 9.17) is 4.74 Å². The van der Waals surface area contributed by atoms with Gasteiger partial charge in [-0.25, -0.2) is 22.4 Å². The average molecular weight is 615 g/mol. The molecule has 2 heterocycles. The number of carbonyl (C=O) groups excluding carboxylic acids is 1. The second-order valence-electron chi connectivity index (χ2n) is 10.2. The SMILES string of the molecule is Cl.Cl.O=C(Nc1cc(C2CCN(Cc3ccc(Oc4ccc(F)c(F)c4)cc3)CC2)c(F)cc1F)N1CCCCC1. The summed E-state index contributed by atoms with van der Waals surface area (Å²) in [6.07, 6.45) is 4.35. The first-order valence-electron chi connectivity index (χ1n) is 13.3. The molecule has 2 aliphatic rings. The Balaban J connectivity index is 0.00000231. The Morgan fingerprint density at radius 2 is 1.41 bits per heavy atom. The molecule has 0 radical (unpaired) electrons. The molecule has 5 rings (SSSR count). The summed E-state index contributed by atoms with van der Waals surface area (Å²) >= 11 is 0. The van der Waals surface area contributed by atoms with Crippen LogP contribution in [0.15, 0.2) is 54.6 Å². The lowest BCUT2D eigenvalue weighted by Gasteiger charge is -2.32. The van der Waals surface area contributed by atoms with E-state index in [1.165, 1.54) is 12.1 Å². The average Bonchev–Trinajstić information content (AvgIpc) is 2.94. The summed E-state index contributed by atoms with van der Waals surface area (Å²) in [6, 6.07) is 12.8. The van der Waals surface area contributed by atoms with Crippen LogP contribution in [0.2, 0.25) is 0 Å². The molecule has 0 saturated carbocycles. The fourth-order valence-electron chi connectivity index (χ4n) is 5.27. The van der Waals surface area contributed by atoms with Crippen molar-refractivity contribution in [2.75, 3.05) is 31.5 Å². The van der Waals surface area contributed by atoms with Gasteiger partial charge in [0.15, 0.2) is 11.6 Å². The minimum absolute atomic E-state index is 0. The predicted molar refractivity (Wildman–Crippen MR) is 155 cm³/mol. The van der Waals surface area contributed by atoms with E-state index < -0.39 is 23.3 Å². The van der Waals surface area contributed by atoms with Gasteiger partial charge in [-0.15, -0.1) is 24.8 Å². The predicted octanol–water partition coefficient (Wildman–Crippen LogP) is 8.28. The Kier molecular flexibility index (Phi) is 11.7. The molecule has 2 saturated heterocycles. The van der Waals surface area contributed by atoms with Gasteiger partial charge in [-0.05, 0) is 92.6 Å². The third kappa shape index (κ3) is 8.27. The summed E-state index contributed by atoms with van der Waals surface area (Å²) in [7, 11) is 0. The van der Waals surface area contributed by atoms with Gasteiger partial charge in [-0.1, -0.05) is 12.1 Å². The van der Waals surface area contributed by atoms with Gasteiger partial charge in [-0.3, -0.25) is 4.90 Å². The van der Waals surface area contributed by atoms with E-state index in [2.05, 4.69) is 10.2 Å². The van der Waals surface area contributed by atoms with Crippen molar-refractivity contribution in [3.8, 4) is 11.5 Å². The van der Waals surface area contributed by atoms with Crippen LogP contribution in [0.4, 0.5) is 28.0 Å². The van der Waals surface area contributed by atoms with Crippen molar-refractivity contribution < 1.29 is 27.1 Å². The molecule has 2 fully saturated rings. The lowest BCUT2D eigenvalue weighted by atomic mass is 9.88. The Morgan fingerprint density at radius 3 is 2.07 bits per heavy atom. The van der Waals surface area contributed by atoms with Crippen LogP contribution in [0, 0.1) is 23.3 Å². The fraction of sp³-hybridized carbons (Fsp3) is 0.367. The van der Waals surface area contributed by atoms with Gasteiger partial charge in [0.1, 0.15) is 23.1 Å². The monoisotopic (exact) mass is 613 g/mol. The zero-order valence-corrected chi connectivity index (χ0v) is 24.0. The normalized spacial score (nSPS) is 16.0. The van der Waals surface area contributed by atoms with Gasteiger partial charge < -0.3 is 15.0 Å². The molecule has 2 amide bonds. The standard InChI is InChI=1S/C30H31F4N3O2.2ClH/c31-25-9-8-23(16-27(25)33)39-22-6-4-20(5-7-22)19-36-14-10-21(11-15-36)24-17-29(28(34)18-26(24)32)35-30(38)37-12-2-1-3-13-37;;/h4-9,16-18,21H,1-3,10-15,19H2,(H,35,38);2*1H. The number of benzene rings is 3. The first-order valence-corrected chi connectivity index (χ1v) is 13.3. The van der Waals surface area contributed by atoms with E-state index >= 15 is 0 Å². The first kappa shape index (κ1) is 32.5. The van der Waals surface area contributed by atoms with E-state index in [1.807, 2.05) is 12.1 Å². The van der Waals surface area contributed by atoms with Crippen molar-refractivity contribution in [3.05, 3.63) is 89.0 Å². The largest absolute Gasteiger partial charge is 0.457 e. The molecule has 41 heavy (non-hydrogen) atoms. The van der Waals surface area contributed by atoms with Crippen LogP contribution in [0.3, 0.4) is 0 Å². The number of anilines is 1. The molecule has 2 aliphatic heterocycles. The molecule has 222 valence electrons. The van der Waals surface area contributed by atoms with E-state index in [-0.39, 0.29) is 48.2 Å². The van der Waals surface area contributed by atoms with Crippen molar-refractivity contribution in [2.45, 2.75) is 44.6 Å². The summed E-state index contributed by atoms with van der Waals surface area (Å²) in [4.78, 5) is 16.5. The van der Waals surface area contributed by atoms with E-state index in [0.29, 0.717) is 43.8 Å². The number of urea groups is 1. The van der Waals surface area contributed by atoms with Gasteiger partial charge >= 0.3 is 6.03 Å². The number of likely N-dealkylation sites (tertiary alicyclic amines) is 2. The Hall–Kier alpha value is -3.01. The second-order valence-corrected chi connectivity index (χ2v) is 10.2. The number of amides is 2.